The molecule has 1 aromatic rings. The molecule has 0 saturated carbocycles. The third-order valence-electron chi connectivity index (χ3n) is 2.26. The van der Waals surface area contributed by atoms with Gasteiger partial charge in [-0.25, -0.2) is 4.98 Å². The van der Waals surface area contributed by atoms with Crippen LogP contribution in [0, 0.1) is 0 Å². The monoisotopic (exact) mass is 177 g/mol. The van der Waals surface area contributed by atoms with Crippen LogP contribution < -0.4 is 10.6 Å². The molecule has 0 unspecified atom stereocenters. The Morgan fingerprint density at radius 2 is 2.31 bits per heavy atom. The van der Waals surface area contributed by atoms with E-state index in [-0.39, 0.29) is 5.91 Å². The predicted octanol–water partition coefficient (Wildman–Crippen LogP) is 0.573. The summed E-state index contributed by atoms with van der Waals surface area (Å²) in [6.07, 6.45) is 2.87. The van der Waals surface area contributed by atoms with Crippen LogP contribution in [-0.2, 0) is 11.2 Å². The molecule has 13 heavy (non-hydrogen) atoms. The highest BCUT2D eigenvalue weighted by atomic mass is 16.2. The fourth-order valence-electron chi connectivity index (χ4n) is 1.54. The van der Waals surface area contributed by atoms with Gasteiger partial charge in [0.15, 0.2) is 0 Å². The molecular weight excluding hydrogens is 166 g/mol. The van der Waals surface area contributed by atoms with E-state index in [0.717, 1.165) is 17.8 Å². The Kier molecular flexibility index (Phi) is 1.69. The highest BCUT2D eigenvalue weighted by molar-refractivity contribution is 5.94. The number of nitrogens with zero attached hydrogens (tertiary/aromatic N) is 2. The number of aryl methyl sites for hydroxylation is 1. The summed E-state index contributed by atoms with van der Waals surface area (Å²) in [5.74, 6) is 0.857. The first-order valence-electron chi connectivity index (χ1n) is 4.19. The molecule has 0 spiro atoms. The van der Waals surface area contributed by atoms with Crippen LogP contribution in [0.3, 0.4) is 0 Å². The van der Waals surface area contributed by atoms with E-state index in [0.29, 0.717) is 12.1 Å². The lowest BCUT2D eigenvalue weighted by Crippen LogP contribution is -2.32. The molecule has 4 nitrogen and oxygen atoms in total. The average Bonchev–Trinajstić information content (AvgIpc) is 2.12. The third kappa shape index (κ3) is 1.24. The number of pyridine rings is 1. The Morgan fingerprint density at radius 3 is 3.08 bits per heavy atom. The average molecular weight is 177 g/mol. The molecule has 0 atom stereocenters. The first kappa shape index (κ1) is 8.04. The molecule has 1 amide bonds. The zero-order chi connectivity index (χ0) is 9.42. The van der Waals surface area contributed by atoms with Crippen molar-refractivity contribution in [3.05, 3.63) is 17.8 Å². The minimum absolute atomic E-state index is 0.116. The van der Waals surface area contributed by atoms with Gasteiger partial charge >= 0.3 is 0 Å². The molecule has 68 valence electrons. The number of anilines is 2. The van der Waals surface area contributed by atoms with Gasteiger partial charge in [-0.05, 0) is 18.1 Å². The Labute approximate surface area is 76.4 Å². The van der Waals surface area contributed by atoms with Crippen molar-refractivity contribution in [2.45, 2.75) is 12.8 Å². The van der Waals surface area contributed by atoms with Crippen LogP contribution >= 0.6 is 0 Å². The van der Waals surface area contributed by atoms with Gasteiger partial charge in [-0.3, -0.25) is 9.69 Å². The molecule has 0 saturated heterocycles. The maximum atomic E-state index is 11.3. The smallest absolute Gasteiger partial charge is 0.228 e. The van der Waals surface area contributed by atoms with Crippen LogP contribution in [0.4, 0.5) is 11.5 Å². The van der Waals surface area contributed by atoms with Crippen LogP contribution in [0.1, 0.15) is 12.0 Å². The van der Waals surface area contributed by atoms with Crippen molar-refractivity contribution in [2.24, 2.45) is 0 Å². The Balaban J connectivity index is 2.49. The maximum absolute atomic E-state index is 11.3. The largest absolute Gasteiger partial charge is 0.397 e. The minimum atomic E-state index is 0.116. The van der Waals surface area contributed by atoms with Gasteiger partial charge in [-0.2, -0.15) is 0 Å². The highest BCUT2D eigenvalue weighted by Gasteiger charge is 2.21. The quantitative estimate of drug-likeness (QED) is 0.630. The number of amides is 1. The normalized spacial score (nSPS) is 15.8. The summed E-state index contributed by atoms with van der Waals surface area (Å²) in [5.41, 5.74) is 7.31. The van der Waals surface area contributed by atoms with Crippen molar-refractivity contribution < 1.29 is 4.79 Å². The lowest BCUT2D eigenvalue weighted by Gasteiger charge is -2.24. The molecule has 0 fully saturated rings. The molecule has 1 aromatic heterocycles. The molecule has 4 heteroatoms. The molecule has 1 aliphatic heterocycles. The highest BCUT2D eigenvalue weighted by Crippen LogP contribution is 2.25. The van der Waals surface area contributed by atoms with Crippen molar-refractivity contribution in [1.29, 1.82) is 0 Å². The number of carbonyl (C=O) groups excluding carboxylic acids is 1. The zero-order valence-corrected chi connectivity index (χ0v) is 7.45. The number of carbonyl (C=O) groups is 1. The second-order valence-corrected chi connectivity index (χ2v) is 3.20. The van der Waals surface area contributed by atoms with Crippen LogP contribution in [0.5, 0.6) is 0 Å². The van der Waals surface area contributed by atoms with Gasteiger partial charge in [0.2, 0.25) is 5.91 Å². The Morgan fingerprint density at radius 1 is 1.54 bits per heavy atom. The van der Waals surface area contributed by atoms with E-state index >= 15 is 0 Å². The molecule has 2 heterocycles. The zero-order valence-electron chi connectivity index (χ0n) is 7.45. The molecule has 0 bridgehead atoms. The molecule has 1 aliphatic rings. The first-order valence-corrected chi connectivity index (χ1v) is 4.19. The molecule has 2 N–H and O–H groups in total. The van der Waals surface area contributed by atoms with Gasteiger partial charge in [-0.15, -0.1) is 0 Å². The fourth-order valence-corrected chi connectivity index (χ4v) is 1.54. The number of nitrogen functional groups attached to an aromatic ring is 1. The van der Waals surface area contributed by atoms with E-state index in [1.165, 1.54) is 0 Å². The molecular formula is C9H11N3O. The van der Waals surface area contributed by atoms with Gasteiger partial charge in [0, 0.05) is 13.5 Å². The number of nitrogens with two attached hydrogens (primary N) is 1. The van der Waals surface area contributed by atoms with Crippen molar-refractivity contribution in [2.75, 3.05) is 17.7 Å². The second-order valence-electron chi connectivity index (χ2n) is 3.20. The molecule has 0 aliphatic carbocycles. The summed E-state index contributed by atoms with van der Waals surface area (Å²) in [4.78, 5) is 17.0. The standard InChI is InChI=1S/C9H11N3O/c1-12-8(13)3-2-6-4-7(10)5-11-9(6)12/h4-5H,2-3,10H2,1H3. The molecule has 0 aromatic carbocycles. The summed E-state index contributed by atoms with van der Waals surface area (Å²) in [5, 5.41) is 0. The summed E-state index contributed by atoms with van der Waals surface area (Å²) in [7, 11) is 1.74. The number of hydrogen-bond donors (Lipinski definition) is 1. The second kappa shape index (κ2) is 2.73. The van der Waals surface area contributed by atoms with Gasteiger partial charge in [-0.1, -0.05) is 0 Å². The fraction of sp³-hybridized carbons (Fsp3) is 0.333. The van der Waals surface area contributed by atoms with E-state index in [2.05, 4.69) is 4.98 Å². The van der Waals surface area contributed by atoms with Crippen LogP contribution in [0.25, 0.3) is 0 Å². The SMILES string of the molecule is CN1C(=O)CCc2cc(N)cnc21. The van der Waals surface area contributed by atoms with Crippen LogP contribution in [-0.4, -0.2) is 17.9 Å². The van der Waals surface area contributed by atoms with Crippen molar-refractivity contribution in [3.63, 3.8) is 0 Å². The third-order valence-corrected chi connectivity index (χ3v) is 2.26. The van der Waals surface area contributed by atoms with Crippen molar-refractivity contribution >= 4 is 17.4 Å². The lowest BCUT2D eigenvalue weighted by atomic mass is 10.1. The van der Waals surface area contributed by atoms with Crippen molar-refractivity contribution in [1.82, 2.24) is 4.98 Å². The lowest BCUT2D eigenvalue weighted by molar-refractivity contribution is -0.118. The predicted molar refractivity (Wildman–Crippen MR) is 50.4 cm³/mol. The number of rotatable bonds is 0. The van der Waals surface area contributed by atoms with Crippen LogP contribution in [0.2, 0.25) is 0 Å². The minimum Gasteiger partial charge on any atom is -0.397 e. The van der Waals surface area contributed by atoms with E-state index in [1.54, 1.807) is 18.1 Å². The van der Waals surface area contributed by atoms with E-state index < -0.39 is 0 Å². The number of aromatic nitrogens is 1. The maximum Gasteiger partial charge on any atom is 0.228 e. The summed E-state index contributed by atoms with van der Waals surface area (Å²) in [6, 6.07) is 1.88. The van der Waals surface area contributed by atoms with Gasteiger partial charge in [0.25, 0.3) is 0 Å². The summed E-state index contributed by atoms with van der Waals surface area (Å²) < 4.78 is 0. The summed E-state index contributed by atoms with van der Waals surface area (Å²) in [6.45, 7) is 0. The Hall–Kier alpha value is -1.58. The van der Waals surface area contributed by atoms with Crippen molar-refractivity contribution in [3.8, 4) is 0 Å². The van der Waals surface area contributed by atoms with E-state index in [4.69, 9.17) is 5.73 Å². The Bertz CT molecular complexity index is 362. The topological polar surface area (TPSA) is 59.2 Å². The van der Waals surface area contributed by atoms with E-state index in [1.807, 2.05) is 6.07 Å². The van der Waals surface area contributed by atoms with Gasteiger partial charge in [0.05, 0.1) is 11.9 Å². The molecule has 2 rings (SSSR count). The first-order chi connectivity index (χ1) is 6.18. The number of hydrogen-bond acceptors (Lipinski definition) is 3. The van der Waals surface area contributed by atoms with Crippen LogP contribution in [0.15, 0.2) is 12.3 Å². The van der Waals surface area contributed by atoms with E-state index in [9.17, 15) is 4.79 Å². The van der Waals surface area contributed by atoms with Gasteiger partial charge < -0.3 is 5.73 Å². The summed E-state index contributed by atoms with van der Waals surface area (Å²) >= 11 is 0. The molecule has 0 radical (unpaired) electrons. The number of fused-ring (bicyclic) bond motifs is 1. The van der Waals surface area contributed by atoms with Gasteiger partial charge in [0.1, 0.15) is 5.82 Å².